The van der Waals surface area contributed by atoms with E-state index in [0.717, 1.165) is 0 Å². The summed E-state index contributed by atoms with van der Waals surface area (Å²) in [5, 5.41) is 8.59. The van der Waals surface area contributed by atoms with Crippen LogP contribution in [0.15, 0.2) is 12.2 Å². The molecule has 0 saturated heterocycles. The summed E-state index contributed by atoms with van der Waals surface area (Å²) in [5.74, 6) is -1.33. The second kappa shape index (κ2) is 4.94. The number of carbonyl (C=O) groups is 1. The zero-order chi connectivity index (χ0) is 10.5. The molecule has 5 N–H and O–H groups in total. The van der Waals surface area contributed by atoms with Crippen LogP contribution >= 0.6 is 0 Å². The third kappa shape index (κ3) is 3.52. The standard InChI is InChI=1S/C8H15FN2O2/c1-6(4-10)2-3-8(11,5-9)7(12)13/h1-5,10-11H2,(H,12,13). The fourth-order valence-corrected chi connectivity index (χ4v) is 0.733. The van der Waals surface area contributed by atoms with Crippen LogP contribution in [0.3, 0.4) is 0 Å². The van der Waals surface area contributed by atoms with Crippen LogP contribution in [0.1, 0.15) is 12.8 Å². The van der Waals surface area contributed by atoms with Gasteiger partial charge in [0.1, 0.15) is 12.2 Å². The van der Waals surface area contributed by atoms with E-state index in [1.165, 1.54) is 0 Å². The fourth-order valence-electron chi connectivity index (χ4n) is 0.733. The fraction of sp³-hybridized carbons (Fsp3) is 0.625. The van der Waals surface area contributed by atoms with Gasteiger partial charge in [-0.1, -0.05) is 12.2 Å². The van der Waals surface area contributed by atoms with Gasteiger partial charge >= 0.3 is 5.97 Å². The first-order chi connectivity index (χ1) is 5.96. The second-order valence-electron chi connectivity index (χ2n) is 3.05. The molecule has 76 valence electrons. The Morgan fingerprint density at radius 1 is 1.62 bits per heavy atom. The number of rotatable bonds is 6. The van der Waals surface area contributed by atoms with Crippen molar-refractivity contribution in [3.8, 4) is 0 Å². The van der Waals surface area contributed by atoms with Crippen molar-refractivity contribution in [3.63, 3.8) is 0 Å². The van der Waals surface area contributed by atoms with Gasteiger partial charge in [0.2, 0.25) is 0 Å². The molecule has 0 aliphatic heterocycles. The zero-order valence-corrected chi connectivity index (χ0v) is 7.42. The van der Waals surface area contributed by atoms with Gasteiger partial charge in [-0.3, -0.25) is 4.79 Å². The van der Waals surface area contributed by atoms with Crippen LogP contribution in [0.2, 0.25) is 0 Å². The lowest BCUT2D eigenvalue weighted by molar-refractivity contribution is -0.144. The minimum absolute atomic E-state index is 0.0227. The topological polar surface area (TPSA) is 89.3 Å². The summed E-state index contributed by atoms with van der Waals surface area (Å²) in [4.78, 5) is 10.5. The van der Waals surface area contributed by atoms with E-state index in [4.69, 9.17) is 16.6 Å². The molecule has 0 aromatic rings. The molecular weight excluding hydrogens is 175 g/mol. The van der Waals surface area contributed by atoms with E-state index >= 15 is 0 Å². The van der Waals surface area contributed by atoms with Gasteiger partial charge in [-0.2, -0.15) is 0 Å². The zero-order valence-electron chi connectivity index (χ0n) is 7.42. The van der Waals surface area contributed by atoms with Crippen LogP contribution in [-0.2, 0) is 4.79 Å². The predicted molar refractivity (Wildman–Crippen MR) is 48.0 cm³/mol. The first-order valence-corrected chi connectivity index (χ1v) is 3.91. The second-order valence-corrected chi connectivity index (χ2v) is 3.05. The number of hydrogen-bond acceptors (Lipinski definition) is 3. The summed E-state index contributed by atoms with van der Waals surface area (Å²) in [6.07, 6.45) is 0.359. The molecule has 0 bridgehead atoms. The molecule has 1 unspecified atom stereocenters. The van der Waals surface area contributed by atoms with Crippen molar-refractivity contribution in [3.05, 3.63) is 12.2 Å². The van der Waals surface area contributed by atoms with Gasteiger partial charge in [0, 0.05) is 6.54 Å². The quantitative estimate of drug-likeness (QED) is 0.515. The van der Waals surface area contributed by atoms with Gasteiger partial charge in [0.25, 0.3) is 0 Å². The van der Waals surface area contributed by atoms with Crippen LogP contribution in [-0.4, -0.2) is 29.8 Å². The van der Waals surface area contributed by atoms with Crippen molar-refractivity contribution in [2.24, 2.45) is 11.5 Å². The number of carboxylic acid groups (broad SMARTS) is 1. The maximum absolute atomic E-state index is 12.3. The lowest BCUT2D eigenvalue weighted by Gasteiger charge is -2.20. The van der Waals surface area contributed by atoms with E-state index in [-0.39, 0.29) is 13.0 Å². The average molecular weight is 190 g/mol. The number of halogens is 1. The summed E-state index contributed by atoms with van der Waals surface area (Å²) >= 11 is 0. The molecule has 0 heterocycles. The molecule has 0 radical (unpaired) electrons. The Balaban J connectivity index is 4.13. The molecule has 0 fully saturated rings. The molecule has 13 heavy (non-hydrogen) atoms. The molecule has 0 amide bonds. The van der Waals surface area contributed by atoms with Crippen LogP contribution in [0.25, 0.3) is 0 Å². The van der Waals surface area contributed by atoms with Crippen molar-refractivity contribution in [2.75, 3.05) is 13.2 Å². The Kier molecular flexibility index (Phi) is 4.58. The molecule has 0 spiro atoms. The summed E-state index contributed by atoms with van der Waals surface area (Å²) in [6.45, 7) is 2.76. The Bertz CT molecular complexity index is 208. The van der Waals surface area contributed by atoms with Gasteiger partial charge in [-0.15, -0.1) is 0 Å². The highest BCUT2D eigenvalue weighted by molar-refractivity contribution is 5.78. The lowest BCUT2D eigenvalue weighted by Crippen LogP contribution is -2.50. The molecule has 0 aromatic carbocycles. The first kappa shape index (κ1) is 12.1. The van der Waals surface area contributed by atoms with E-state index in [1.54, 1.807) is 0 Å². The monoisotopic (exact) mass is 190 g/mol. The van der Waals surface area contributed by atoms with Crippen molar-refractivity contribution in [1.29, 1.82) is 0 Å². The molecule has 0 rings (SSSR count). The molecule has 1 atom stereocenters. The molecular formula is C8H15FN2O2. The Labute approximate surface area is 76.4 Å². The van der Waals surface area contributed by atoms with Gasteiger partial charge in [0.05, 0.1) is 0 Å². The normalized spacial score (nSPS) is 15.0. The number of alkyl halides is 1. The van der Waals surface area contributed by atoms with Gasteiger partial charge in [-0.25, -0.2) is 4.39 Å². The molecule has 0 aliphatic carbocycles. The van der Waals surface area contributed by atoms with E-state index in [2.05, 4.69) is 6.58 Å². The van der Waals surface area contributed by atoms with Crippen molar-refractivity contribution >= 4 is 5.97 Å². The molecule has 0 aromatic heterocycles. The summed E-state index contributed by atoms with van der Waals surface area (Å²) < 4.78 is 12.3. The number of hydrogen-bond donors (Lipinski definition) is 3. The lowest BCUT2D eigenvalue weighted by atomic mass is 9.94. The smallest absolute Gasteiger partial charge is 0.326 e. The van der Waals surface area contributed by atoms with Crippen LogP contribution in [0.4, 0.5) is 4.39 Å². The maximum atomic E-state index is 12.3. The average Bonchev–Trinajstić information content (AvgIpc) is 2.13. The van der Waals surface area contributed by atoms with E-state index < -0.39 is 18.2 Å². The van der Waals surface area contributed by atoms with Gasteiger partial charge < -0.3 is 16.6 Å². The number of nitrogens with two attached hydrogens (primary N) is 2. The Morgan fingerprint density at radius 3 is 2.46 bits per heavy atom. The SMILES string of the molecule is C=C(CN)CCC(N)(CF)C(=O)O. The molecule has 0 saturated carbocycles. The van der Waals surface area contributed by atoms with Gasteiger partial charge in [0.15, 0.2) is 0 Å². The highest BCUT2D eigenvalue weighted by atomic mass is 19.1. The van der Waals surface area contributed by atoms with E-state index in [9.17, 15) is 9.18 Å². The van der Waals surface area contributed by atoms with E-state index in [0.29, 0.717) is 12.0 Å². The molecule has 4 nitrogen and oxygen atoms in total. The minimum Gasteiger partial charge on any atom is -0.480 e. The van der Waals surface area contributed by atoms with Crippen molar-refractivity contribution in [2.45, 2.75) is 18.4 Å². The van der Waals surface area contributed by atoms with Crippen molar-refractivity contribution in [1.82, 2.24) is 0 Å². The van der Waals surface area contributed by atoms with Crippen LogP contribution < -0.4 is 11.5 Å². The summed E-state index contributed by atoms with van der Waals surface area (Å²) in [7, 11) is 0. The largest absolute Gasteiger partial charge is 0.480 e. The maximum Gasteiger partial charge on any atom is 0.326 e. The highest BCUT2D eigenvalue weighted by Gasteiger charge is 2.33. The van der Waals surface area contributed by atoms with Gasteiger partial charge in [-0.05, 0) is 12.8 Å². The number of carboxylic acids is 1. The summed E-state index contributed by atoms with van der Waals surface area (Å²) in [6, 6.07) is 0. The minimum atomic E-state index is -1.79. The van der Waals surface area contributed by atoms with E-state index in [1.807, 2.05) is 0 Å². The Hall–Kier alpha value is -0.940. The predicted octanol–water partition coefficient (Wildman–Crippen LogP) is 0.0331. The number of aliphatic carboxylic acids is 1. The Morgan fingerprint density at radius 2 is 2.15 bits per heavy atom. The molecule has 5 heteroatoms. The van der Waals surface area contributed by atoms with Crippen LogP contribution in [0, 0.1) is 0 Å². The first-order valence-electron chi connectivity index (χ1n) is 3.91. The van der Waals surface area contributed by atoms with Crippen molar-refractivity contribution < 1.29 is 14.3 Å². The summed E-state index contributed by atoms with van der Waals surface area (Å²) in [5.41, 5.74) is 9.40. The third-order valence-electron chi connectivity index (χ3n) is 1.88. The van der Waals surface area contributed by atoms with Crippen LogP contribution in [0.5, 0.6) is 0 Å². The molecule has 0 aliphatic rings. The highest BCUT2D eigenvalue weighted by Crippen LogP contribution is 2.14. The third-order valence-corrected chi connectivity index (χ3v) is 1.88.